The number of hydrogen-bond donors (Lipinski definition) is 0. The minimum absolute atomic E-state index is 0.0344. The number of halogens is 3. The number of amidine groups is 1. The highest BCUT2D eigenvalue weighted by Gasteiger charge is 2.35. The Bertz CT molecular complexity index is 1210. The molecule has 0 spiro atoms. The van der Waals surface area contributed by atoms with Gasteiger partial charge in [0.15, 0.2) is 10.9 Å². The van der Waals surface area contributed by atoms with E-state index in [1.165, 1.54) is 52.0 Å². The van der Waals surface area contributed by atoms with Gasteiger partial charge < -0.3 is 4.90 Å². The van der Waals surface area contributed by atoms with Crippen LogP contribution in [0.3, 0.4) is 0 Å². The van der Waals surface area contributed by atoms with Crippen LogP contribution in [0, 0.1) is 0 Å². The molecule has 32 heavy (non-hydrogen) atoms. The highest BCUT2D eigenvalue weighted by atomic mass is 32.2. The molecule has 0 atom stereocenters. The van der Waals surface area contributed by atoms with Gasteiger partial charge in [0.1, 0.15) is 0 Å². The summed E-state index contributed by atoms with van der Waals surface area (Å²) in [5, 5.41) is 5.92. The Balaban J connectivity index is 1.69. The van der Waals surface area contributed by atoms with Gasteiger partial charge in [0.25, 0.3) is 10.0 Å². The maximum atomic E-state index is 13.3. The van der Waals surface area contributed by atoms with E-state index in [-0.39, 0.29) is 10.6 Å². The van der Waals surface area contributed by atoms with Gasteiger partial charge in [-0.2, -0.15) is 26.7 Å². The highest BCUT2D eigenvalue weighted by molar-refractivity contribution is 8.13. The molecule has 1 aromatic carbocycles. The van der Waals surface area contributed by atoms with Crippen LogP contribution in [0.4, 0.5) is 13.2 Å². The molecule has 3 heterocycles. The number of rotatable bonds is 4. The van der Waals surface area contributed by atoms with Crippen molar-refractivity contribution in [1.29, 1.82) is 0 Å². The van der Waals surface area contributed by atoms with Crippen LogP contribution >= 0.6 is 23.1 Å². The van der Waals surface area contributed by atoms with E-state index in [0.29, 0.717) is 15.7 Å². The fourth-order valence-corrected chi connectivity index (χ4v) is 6.03. The Kier molecular flexibility index (Phi) is 6.37. The largest absolute Gasteiger partial charge is 0.435 e. The summed E-state index contributed by atoms with van der Waals surface area (Å²) in [6.07, 6.45) is -0.841. The summed E-state index contributed by atoms with van der Waals surface area (Å²) >= 11 is 2.56. The molecule has 2 aromatic heterocycles. The van der Waals surface area contributed by atoms with Crippen molar-refractivity contribution >= 4 is 38.3 Å². The molecule has 6 nitrogen and oxygen atoms in total. The Hall–Kier alpha value is -2.31. The Morgan fingerprint density at radius 1 is 1.16 bits per heavy atom. The van der Waals surface area contributed by atoms with Gasteiger partial charge >= 0.3 is 6.18 Å². The van der Waals surface area contributed by atoms with Crippen molar-refractivity contribution < 1.29 is 21.6 Å². The number of hydrogen-bond acceptors (Lipinski definition) is 5. The predicted octanol–water partition coefficient (Wildman–Crippen LogP) is 5.12. The van der Waals surface area contributed by atoms with Crippen LogP contribution in [0.2, 0.25) is 0 Å². The van der Waals surface area contributed by atoms with Gasteiger partial charge in [-0.3, -0.25) is 0 Å². The van der Waals surface area contributed by atoms with Crippen LogP contribution in [0.5, 0.6) is 0 Å². The lowest BCUT2D eigenvalue weighted by Gasteiger charge is -2.17. The topological polar surface area (TPSA) is 67.6 Å². The van der Waals surface area contributed by atoms with Crippen LogP contribution in [0.25, 0.3) is 16.3 Å². The molecule has 1 fully saturated rings. The summed E-state index contributed by atoms with van der Waals surface area (Å²) in [5.41, 5.74) is -0.423. The van der Waals surface area contributed by atoms with Gasteiger partial charge in [-0.15, -0.1) is 15.7 Å². The molecule has 0 saturated carbocycles. The molecule has 3 aromatic rings. The average Bonchev–Trinajstić information content (AvgIpc) is 3.52. The Morgan fingerprint density at radius 3 is 2.41 bits per heavy atom. The zero-order valence-electron chi connectivity index (χ0n) is 16.9. The number of nitrogens with zero attached hydrogens (tertiary/aromatic N) is 4. The van der Waals surface area contributed by atoms with E-state index in [1.54, 1.807) is 23.8 Å². The molecule has 0 unspecified atom stereocenters. The third-order valence-electron chi connectivity index (χ3n) is 4.91. The molecule has 170 valence electrons. The lowest BCUT2D eigenvalue weighted by atomic mass is 10.2. The standard InChI is InChI=1S/C20H19F3N4O2S3/c1-30-19(26-10-2-3-11-26)25-32(28,29)15-8-6-14(7-9-15)27-16(17-5-4-12-31-17)13-18(24-27)20(21,22)23/h4-9,12-13H,2-3,10-11H2,1H3/b25-19-. The second kappa shape index (κ2) is 8.91. The second-order valence-electron chi connectivity index (χ2n) is 7.04. The van der Waals surface area contributed by atoms with Gasteiger partial charge in [-0.25, -0.2) is 4.68 Å². The van der Waals surface area contributed by atoms with E-state index in [4.69, 9.17) is 0 Å². The fraction of sp³-hybridized carbons (Fsp3) is 0.300. The van der Waals surface area contributed by atoms with E-state index < -0.39 is 21.9 Å². The number of benzene rings is 1. The summed E-state index contributed by atoms with van der Waals surface area (Å²) in [4.78, 5) is 2.52. The van der Waals surface area contributed by atoms with Crippen LogP contribution in [-0.4, -0.2) is 47.6 Å². The molecule has 12 heteroatoms. The van der Waals surface area contributed by atoms with Crippen molar-refractivity contribution in [3.63, 3.8) is 0 Å². The number of thiophene rings is 1. The summed E-state index contributed by atoms with van der Waals surface area (Å²) in [6, 6.07) is 9.97. The van der Waals surface area contributed by atoms with Crippen molar-refractivity contribution in [3.05, 3.63) is 53.5 Å². The smallest absolute Gasteiger partial charge is 0.351 e. The summed E-state index contributed by atoms with van der Waals surface area (Å²) in [6.45, 7) is 1.53. The van der Waals surface area contributed by atoms with Crippen molar-refractivity contribution in [1.82, 2.24) is 14.7 Å². The summed E-state index contributed by atoms with van der Waals surface area (Å²) < 4.78 is 70.6. The Labute approximate surface area is 191 Å². The third-order valence-corrected chi connectivity index (χ3v) is 7.91. The summed E-state index contributed by atoms with van der Waals surface area (Å²) in [5.74, 6) is 0. The zero-order chi connectivity index (χ0) is 22.9. The number of alkyl halides is 3. The van der Waals surface area contributed by atoms with Gasteiger partial charge in [-0.05, 0) is 60.9 Å². The maximum absolute atomic E-state index is 13.3. The summed E-state index contributed by atoms with van der Waals surface area (Å²) in [7, 11) is -3.96. The molecule has 0 N–H and O–H groups in total. The minimum atomic E-state index is -4.60. The lowest BCUT2D eigenvalue weighted by molar-refractivity contribution is -0.141. The molecular weight excluding hydrogens is 481 g/mol. The van der Waals surface area contributed by atoms with Gasteiger partial charge in [0.05, 0.1) is 21.2 Å². The van der Waals surface area contributed by atoms with Gasteiger partial charge in [0, 0.05) is 13.1 Å². The molecule has 0 amide bonds. The molecule has 1 saturated heterocycles. The minimum Gasteiger partial charge on any atom is -0.351 e. The van der Waals surface area contributed by atoms with E-state index in [2.05, 4.69) is 9.50 Å². The van der Waals surface area contributed by atoms with E-state index in [0.717, 1.165) is 32.0 Å². The molecular formula is C20H19F3N4O2S3. The molecule has 0 radical (unpaired) electrons. The van der Waals surface area contributed by atoms with Crippen molar-refractivity contribution in [2.45, 2.75) is 23.9 Å². The first-order valence-corrected chi connectivity index (χ1v) is 13.2. The molecule has 0 bridgehead atoms. The first kappa shape index (κ1) is 22.9. The van der Waals surface area contributed by atoms with Crippen molar-refractivity contribution in [2.24, 2.45) is 4.40 Å². The first-order valence-electron chi connectivity index (χ1n) is 9.64. The first-order chi connectivity index (χ1) is 15.2. The fourth-order valence-electron chi connectivity index (χ4n) is 3.36. The molecule has 4 rings (SSSR count). The average molecular weight is 501 g/mol. The maximum Gasteiger partial charge on any atom is 0.435 e. The molecule has 0 aliphatic carbocycles. The van der Waals surface area contributed by atoms with E-state index in [9.17, 15) is 21.6 Å². The number of likely N-dealkylation sites (tertiary alicyclic amines) is 1. The lowest BCUT2D eigenvalue weighted by Crippen LogP contribution is -2.26. The number of thioether (sulfide) groups is 1. The zero-order valence-corrected chi connectivity index (χ0v) is 19.4. The highest BCUT2D eigenvalue weighted by Crippen LogP contribution is 2.35. The van der Waals surface area contributed by atoms with Crippen LogP contribution in [0.1, 0.15) is 18.5 Å². The van der Waals surface area contributed by atoms with Crippen molar-refractivity contribution in [3.8, 4) is 16.3 Å². The number of sulfonamides is 1. The van der Waals surface area contributed by atoms with Gasteiger partial charge in [-0.1, -0.05) is 17.8 Å². The molecule has 1 aliphatic rings. The SMILES string of the molecule is CS/C(=N\S(=O)(=O)c1ccc(-n2nc(C(F)(F)F)cc2-c2cccs2)cc1)N1CCCC1. The van der Waals surface area contributed by atoms with E-state index >= 15 is 0 Å². The van der Waals surface area contributed by atoms with E-state index in [1.807, 2.05) is 4.90 Å². The Morgan fingerprint density at radius 2 is 1.84 bits per heavy atom. The monoisotopic (exact) mass is 500 g/mol. The van der Waals surface area contributed by atoms with Crippen molar-refractivity contribution in [2.75, 3.05) is 19.3 Å². The predicted molar refractivity (Wildman–Crippen MR) is 121 cm³/mol. The van der Waals surface area contributed by atoms with Crippen LogP contribution < -0.4 is 0 Å². The van der Waals surface area contributed by atoms with Crippen LogP contribution in [-0.2, 0) is 16.2 Å². The number of aromatic nitrogens is 2. The van der Waals surface area contributed by atoms with Crippen LogP contribution in [0.15, 0.2) is 57.1 Å². The third kappa shape index (κ3) is 4.71. The quantitative estimate of drug-likeness (QED) is 0.367. The normalized spacial score (nSPS) is 15.5. The molecule has 1 aliphatic heterocycles. The second-order valence-corrected chi connectivity index (χ2v) is 10.4. The van der Waals surface area contributed by atoms with Gasteiger partial charge in [0.2, 0.25) is 0 Å².